The molecule has 108 valence electrons. The van der Waals surface area contributed by atoms with Gasteiger partial charge in [0.2, 0.25) is 0 Å². The molecule has 2 nitrogen and oxygen atoms in total. The van der Waals surface area contributed by atoms with E-state index in [9.17, 15) is 0 Å². The Morgan fingerprint density at radius 2 is 2.05 bits per heavy atom. The molecule has 1 fully saturated rings. The minimum atomic E-state index is 0.270. The molecule has 1 N–H and O–H groups in total. The number of benzene rings is 1. The van der Waals surface area contributed by atoms with Gasteiger partial charge in [-0.15, -0.1) is 0 Å². The Hall–Kier alpha value is -0.800. The van der Waals surface area contributed by atoms with Crippen LogP contribution in [0.2, 0.25) is 0 Å². The predicted octanol–water partition coefficient (Wildman–Crippen LogP) is 5.42. The molecule has 3 atom stereocenters. The molecule has 3 unspecified atom stereocenters. The third kappa shape index (κ3) is 2.94. The van der Waals surface area contributed by atoms with E-state index >= 15 is 0 Å². The summed E-state index contributed by atoms with van der Waals surface area (Å²) >= 11 is 3.51. The van der Waals surface area contributed by atoms with Gasteiger partial charge >= 0.3 is 0 Å². The highest BCUT2D eigenvalue weighted by atomic mass is 79.9. The maximum atomic E-state index is 5.98. The zero-order chi connectivity index (χ0) is 14.1. The van der Waals surface area contributed by atoms with Crippen molar-refractivity contribution >= 4 is 26.9 Å². The molecule has 20 heavy (non-hydrogen) atoms. The molecule has 3 rings (SSSR count). The van der Waals surface area contributed by atoms with Gasteiger partial charge in [-0.05, 0) is 49.9 Å². The minimum absolute atomic E-state index is 0.270. The Balaban J connectivity index is 1.76. The molecule has 1 aromatic carbocycles. The van der Waals surface area contributed by atoms with Crippen LogP contribution in [0.15, 0.2) is 33.2 Å². The number of furan rings is 1. The molecular weight excluding hydrogens is 314 g/mol. The first-order valence-electron chi connectivity index (χ1n) is 7.58. The van der Waals surface area contributed by atoms with Crippen molar-refractivity contribution in [2.75, 3.05) is 0 Å². The molecule has 0 radical (unpaired) electrons. The molecule has 0 aliphatic heterocycles. The van der Waals surface area contributed by atoms with Gasteiger partial charge in [-0.2, -0.15) is 0 Å². The second-order valence-corrected chi connectivity index (χ2v) is 7.00. The largest absolute Gasteiger partial charge is 0.459 e. The van der Waals surface area contributed by atoms with E-state index in [1.807, 2.05) is 12.1 Å². The van der Waals surface area contributed by atoms with Gasteiger partial charge in [-0.1, -0.05) is 35.7 Å². The van der Waals surface area contributed by atoms with Crippen molar-refractivity contribution < 1.29 is 4.42 Å². The topological polar surface area (TPSA) is 25.2 Å². The summed E-state index contributed by atoms with van der Waals surface area (Å²) in [4.78, 5) is 0. The lowest BCUT2D eigenvalue weighted by Gasteiger charge is -2.31. The molecule has 0 amide bonds. The molecule has 1 aliphatic carbocycles. The SMILES string of the molecule is CC(NC1CCCCC1C)c1cc2cc(Br)ccc2o1. The van der Waals surface area contributed by atoms with Crippen LogP contribution in [0.1, 0.15) is 51.3 Å². The molecule has 1 aromatic heterocycles. The summed E-state index contributed by atoms with van der Waals surface area (Å²) in [5.41, 5.74) is 0.966. The minimum Gasteiger partial charge on any atom is -0.459 e. The second-order valence-electron chi connectivity index (χ2n) is 6.09. The average molecular weight is 336 g/mol. The van der Waals surface area contributed by atoms with Crippen LogP contribution in [-0.4, -0.2) is 6.04 Å². The van der Waals surface area contributed by atoms with Crippen molar-refractivity contribution in [3.8, 4) is 0 Å². The normalized spacial score (nSPS) is 24.9. The van der Waals surface area contributed by atoms with Crippen LogP contribution in [0.5, 0.6) is 0 Å². The second kappa shape index (κ2) is 5.90. The molecular formula is C17H22BrNO. The van der Waals surface area contributed by atoms with E-state index in [2.05, 4.69) is 47.2 Å². The number of fused-ring (bicyclic) bond motifs is 1. The lowest BCUT2D eigenvalue weighted by molar-refractivity contribution is 0.254. The lowest BCUT2D eigenvalue weighted by Crippen LogP contribution is -2.38. The molecule has 0 saturated heterocycles. The van der Waals surface area contributed by atoms with Crippen molar-refractivity contribution in [1.82, 2.24) is 5.32 Å². The monoisotopic (exact) mass is 335 g/mol. The van der Waals surface area contributed by atoms with Gasteiger partial charge in [0.25, 0.3) is 0 Å². The van der Waals surface area contributed by atoms with Crippen LogP contribution in [0.4, 0.5) is 0 Å². The van der Waals surface area contributed by atoms with Gasteiger partial charge in [-0.3, -0.25) is 0 Å². The number of nitrogens with one attached hydrogen (secondary N) is 1. The van der Waals surface area contributed by atoms with Crippen molar-refractivity contribution in [2.45, 2.75) is 51.6 Å². The summed E-state index contributed by atoms with van der Waals surface area (Å²) in [6.07, 6.45) is 5.36. The Morgan fingerprint density at radius 1 is 1.25 bits per heavy atom. The highest BCUT2D eigenvalue weighted by molar-refractivity contribution is 9.10. The Morgan fingerprint density at radius 3 is 2.85 bits per heavy atom. The van der Waals surface area contributed by atoms with Gasteiger partial charge in [0.1, 0.15) is 11.3 Å². The summed E-state index contributed by atoms with van der Waals surface area (Å²) in [6.45, 7) is 4.56. The fourth-order valence-electron chi connectivity index (χ4n) is 3.22. The predicted molar refractivity (Wildman–Crippen MR) is 86.9 cm³/mol. The van der Waals surface area contributed by atoms with E-state index < -0.39 is 0 Å². The molecule has 1 heterocycles. The average Bonchev–Trinajstić information content (AvgIpc) is 2.84. The first kappa shape index (κ1) is 14.2. The zero-order valence-electron chi connectivity index (χ0n) is 12.2. The quantitative estimate of drug-likeness (QED) is 0.809. The zero-order valence-corrected chi connectivity index (χ0v) is 13.7. The van der Waals surface area contributed by atoms with Gasteiger partial charge in [0, 0.05) is 15.9 Å². The van der Waals surface area contributed by atoms with Crippen LogP contribution in [0.25, 0.3) is 11.0 Å². The summed E-state index contributed by atoms with van der Waals surface area (Å²) in [6, 6.07) is 9.21. The van der Waals surface area contributed by atoms with E-state index in [0.717, 1.165) is 21.7 Å². The molecule has 3 heteroatoms. The van der Waals surface area contributed by atoms with E-state index in [0.29, 0.717) is 6.04 Å². The summed E-state index contributed by atoms with van der Waals surface area (Å²) in [5, 5.41) is 4.92. The number of rotatable bonds is 3. The molecule has 2 aromatic rings. The summed E-state index contributed by atoms with van der Waals surface area (Å²) in [7, 11) is 0. The maximum absolute atomic E-state index is 5.98. The van der Waals surface area contributed by atoms with Crippen molar-refractivity contribution in [1.29, 1.82) is 0 Å². The smallest absolute Gasteiger partial charge is 0.134 e. The Bertz CT molecular complexity index is 592. The molecule has 1 aliphatic rings. The van der Waals surface area contributed by atoms with Crippen LogP contribution in [-0.2, 0) is 0 Å². The van der Waals surface area contributed by atoms with Crippen LogP contribution >= 0.6 is 15.9 Å². The van der Waals surface area contributed by atoms with Crippen molar-refractivity contribution in [2.24, 2.45) is 5.92 Å². The van der Waals surface area contributed by atoms with Crippen LogP contribution in [0, 0.1) is 5.92 Å². The lowest BCUT2D eigenvalue weighted by atomic mass is 9.85. The van der Waals surface area contributed by atoms with E-state index in [1.54, 1.807) is 0 Å². The standard InChI is InChI=1S/C17H22BrNO/c1-11-5-3-4-6-15(11)19-12(2)17-10-13-9-14(18)7-8-16(13)20-17/h7-12,15,19H,3-6H2,1-2H3. The Labute approximate surface area is 129 Å². The first-order chi connectivity index (χ1) is 9.63. The summed E-state index contributed by atoms with van der Waals surface area (Å²) < 4.78 is 7.07. The van der Waals surface area contributed by atoms with Gasteiger partial charge in [-0.25, -0.2) is 0 Å². The van der Waals surface area contributed by atoms with Crippen molar-refractivity contribution in [3.63, 3.8) is 0 Å². The van der Waals surface area contributed by atoms with Gasteiger partial charge in [0.05, 0.1) is 6.04 Å². The van der Waals surface area contributed by atoms with E-state index in [1.165, 1.54) is 31.1 Å². The number of halogens is 1. The van der Waals surface area contributed by atoms with Gasteiger partial charge < -0.3 is 9.73 Å². The third-order valence-corrected chi connectivity index (χ3v) is 4.99. The highest BCUT2D eigenvalue weighted by Crippen LogP contribution is 2.29. The fraction of sp³-hybridized carbons (Fsp3) is 0.529. The number of hydrogen-bond acceptors (Lipinski definition) is 2. The molecule has 0 spiro atoms. The van der Waals surface area contributed by atoms with Crippen LogP contribution in [0.3, 0.4) is 0 Å². The van der Waals surface area contributed by atoms with E-state index in [4.69, 9.17) is 4.42 Å². The van der Waals surface area contributed by atoms with E-state index in [-0.39, 0.29) is 6.04 Å². The summed E-state index contributed by atoms with van der Waals surface area (Å²) in [5.74, 6) is 1.81. The maximum Gasteiger partial charge on any atom is 0.134 e. The number of hydrogen-bond donors (Lipinski definition) is 1. The molecule has 0 bridgehead atoms. The molecule has 1 saturated carbocycles. The van der Waals surface area contributed by atoms with Gasteiger partial charge in [0.15, 0.2) is 0 Å². The Kier molecular flexibility index (Phi) is 4.18. The highest BCUT2D eigenvalue weighted by Gasteiger charge is 2.24. The fourth-order valence-corrected chi connectivity index (χ4v) is 3.59. The van der Waals surface area contributed by atoms with Crippen molar-refractivity contribution in [3.05, 3.63) is 34.5 Å². The third-order valence-electron chi connectivity index (χ3n) is 4.50. The first-order valence-corrected chi connectivity index (χ1v) is 8.38. The van der Waals surface area contributed by atoms with Crippen LogP contribution < -0.4 is 5.32 Å².